The van der Waals surface area contributed by atoms with Gasteiger partial charge in [-0.1, -0.05) is 29.3 Å². The third-order valence-corrected chi connectivity index (χ3v) is 5.38. The van der Waals surface area contributed by atoms with Gasteiger partial charge in [-0.05, 0) is 43.3 Å². The molecule has 8 heteroatoms. The highest BCUT2D eigenvalue weighted by atomic mass is 35.5. The van der Waals surface area contributed by atoms with Gasteiger partial charge in [0, 0.05) is 17.0 Å². The van der Waals surface area contributed by atoms with Crippen LogP contribution in [0.25, 0.3) is 0 Å². The fourth-order valence-electron chi connectivity index (χ4n) is 1.95. The van der Waals surface area contributed by atoms with Crippen molar-refractivity contribution in [2.24, 2.45) is 0 Å². The van der Waals surface area contributed by atoms with E-state index in [2.05, 4.69) is 10.9 Å². The Balaban J connectivity index is 1.85. The molecule has 25 heavy (non-hydrogen) atoms. The van der Waals surface area contributed by atoms with Gasteiger partial charge in [0.1, 0.15) is 0 Å². The first-order chi connectivity index (χ1) is 11.8. The molecule has 0 heterocycles. The third kappa shape index (κ3) is 5.58. The second kappa shape index (κ2) is 8.13. The topological polar surface area (TPSA) is 92.3 Å². The van der Waals surface area contributed by atoms with Gasteiger partial charge in [0.15, 0.2) is 9.84 Å². The minimum absolute atomic E-state index is 0.163. The molecule has 2 amide bonds. The number of benzene rings is 2. The SMILES string of the molecule is Cc1ccc(S(=O)(=O)CCC(=O)NNC(=O)c2ccc(Cl)cc2)cc1. The predicted molar refractivity (Wildman–Crippen MR) is 94.9 cm³/mol. The summed E-state index contributed by atoms with van der Waals surface area (Å²) < 4.78 is 24.3. The number of halogens is 1. The average Bonchev–Trinajstić information content (AvgIpc) is 2.59. The minimum Gasteiger partial charge on any atom is -0.273 e. The van der Waals surface area contributed by atoms with E-state index in [-0.39, 0.29) is 17.1 Å². The predicted octanol–water partition coefficient (Wildman–Crippen LogP) is 2.27. The van der Waals surface area contributed by atoms with Crippen LogP contribution in [0.1, 0.15) is 22.3 Å². The highest BCUT2D eigenvalue weighted by Crippen LogP contribution is 2.13. The van der Waals surface area contributed by atoms with Crippen molar-refractivity contribution in [3.05, 3.63) is 64.7 Å². The number of sulfone groups is 1. The third-order valence-electron chi connectivity index (χ3n) is 3.40. The zero-order valence-corrected chi connectivity index (χ0v) is 15.0. The van der Waals surface area contributed by atoms with Gasteiger partial charge in [0.25, 0.3) is 5.91 Å². The monoisotopic (exact) mass is 380 g/mol. The van der Waals surface area contributed by atoms with E-state index in [1.165, 1.54) is 24.3 Å². The molecule has 0 saturated heterocycles. The van der Waals surface area contributed by atoms with Crippen LogP contribution < -0.4 is 10.9 Å². The summed E-state index contributed by atoms with van der Waals surface area (Å²) in [4.78, 5) is 23.7. The van der Waals surface area contributed by atoms with E-state index in [9.17, 15) is 18.0 Å². The molecule has 0 aromatic heterocycles. The van der Waals surface area contributed by atoms with Gasteiger partial charge >= 0.3 is 0 Å². The largest absolute Gasteiger partial charge is 0.273 e. The highest BCUT2D eigenvalue weighted by Gasteiger charge is 2.16. The Morgan fingerprint density at radius 1 is 0.960 bits per heavy atom. The fourth-order valence-corrected chi connectivity index (χ4v) is 3.32. The van der Waals surface area contributed by atoms with Gasteiger partial charge in [0.05, 0.1) is 10.6 Å². The molecule has 0 spiro atoms. The number of amides is 2. The first-order valence-electron chi connectivity index (χ1n) is 7.42. The Hall–Kier alpha value is -2.38. The van der Waals surface area contributed by atoms with Crippen molar-refractivity contribution in [2.75, 3.05) is 5.75 Å². The number of hydrogen-bond donors (Lipinski definition) is 2. The molecule has 132 valence electrons. The Kier molecular flexibility index (Phi) is 6.17. The molecule has 2 aromatic rings. The van der Waals surface area contributed by atoms with Crippen molar-refractivity contribution in [3.63, 3.8) is 0 Å². The van der Waals surface area contributed by atoms with Crippen molar-refractivity contribution < 1.29 is 18.0 Å². The first kappa shape index (κ1) is 19.0. The molecule has 2 aromatic carbocycles. The van der Waals surface area contributed by atoms with Crippen LogP contribution in [-0.2, 0) is 14.6 Å². The summed E-state index contributed by atoms with van der Waals surface area (Å²) in [6.45, 7) is 1.85. The maximum absolute atomic E-state index is 12.2. The van der Waals surface area contributed by atoms with E-state index in [0.717, 1.165) is 5.56 Å². The van der Waals surface area contributed by atoms with Gasteiger partial charge in [-0.15, -0.1) is 0 Å². The molecular weight excluding hydrogens is 364 g/mol. The first-order valence-corrected chi connectivity index (χ1v) is 9.45. The minimum atomic E-state index is -3.56. The molecule has 0 bridgehead atoms. The van der Waals surface area contributed by atoms with Gasteiger partial charge in [-0.3, -0.25) is 20.4 Å². The lowest BCUT2D eigenvalue weighted by molar-refractivity contribution is -0.121. The molecule has 2 N–H and O–H groups in total. The standard InChI is InChI=1S/C17H17ClN2O4S/c1-12-2-8-15(9-3-12)25(23,24)11-10-16(21)19-20-17(22)13-4-6-14(18)7-5-13/h2-9H,10-11H2,1H3,(H,19,21)(H,20,22). The maximum atomic E-state index is 12.2. The maximum Gasteiger partial charge on any atom is 0.269 e. The van der Waals surface area contributed by atoms with Crippen LogP contribution in [0.5, 0.6) is 0 Å². The van der Waals surface area contributed by atoms with Crippen LogP contribution in [0, 0.1) is 6.92 Å². The van der Waals surface area contributed by atoms with Gasteiger partial charge < -0.3 is 0 Å². The van der Waals surface area contributed by atoms with Crippen LogP contribution in [0.3, 0.4) is 0 Å². The number of carbonyl (C=O) groups excluding carboxylic acids is 2. The van der Waals surface area contributed by atoms with Crippen molar-refractivity contribution in [1.82, 2.24) is 10.9 Å². The molecule has 0 aliphatic carbocycles. The zero-order chi connectivity index (χ0) is 18.4. The zero-order valence-electron chi connectivity index (χ0n) is 13.5. The summed E-state index contributed by atoms with van der Waals surface area (Å²) in [6, 6.07) is 12.5. The number of hydrazine groups is 1. The average molecular weight is 381 g/mol. The lowest BCUT2D eigenvalue weighted by Gasteiger charge is -2.08. The Bertz CT molecular complexity index is 863. The van der Waals surface area contributed by atoms with Crippen LogP contribution in [0.4, 0.5) is 0 Å². The molecule has 0 fully saturated rings. The summed E-state index contributed by atoms with van der Waals surface area (Å²) >= 11 is 5.73. The Morgan fingerprint density at radius 3 is 2.16 bits per heavy atom. The van der Waals surface area contributed by atoms with Crippen molar-refractivity contribution in [1.29, 1.82) is 0 Å². The van der Waals surface area contributed by atoms with Gasteiger partial charge in [-0.2, -0.15) is 0 Å². The molecule has 2 rings (SSSR count). The summed E-state index contributed by atoms with van der Waals surface area (Å²) in [5, 5.41) is 0.488. The quantitative estimate of drug-likeness (QED) is 0.778. The van der Waals surface area contributed by atoms with E-state index in [1.807, 2.05) is 6.92 Å². The van der Waals surface area contributed by atoms with Crippen molar-refractivity contribution >= 4 is 33.3 Å². The van der Waals surface area contributed by atoms with Crippen molar-refractivity contribution in [3.8, 4) is 0 Å². The number of hydrogen-bond acceptors (Lipinski definition) is 4. The van der Waals surface area contributed by atoms with E-state index in [4.69, 9.17) is 11.6 Å². The van der Waals surface area contributed by atoms with E-state index in [1.54, 1.807) is 24.3 Å². The van der Waals surface area contributed by atoms with E-state index in [0.29, 0.717) is 10.6 Å². The van der Waals surface area contributed by atoms with Crippen LogP contribution >= 0.6 is 11.6 Å². The second-order valence-electron chi connectivity index (χ2n) is 5.39. The Morgan fingerprint density at radius 2 is 1.56 bits per heavy atom. The number of aryl methyl sites for hydroxylation is 1. The fraction of sp³-hybridized carbons (Fsp3) is 0.176. The summed E-state index contributed by atoms with van der Waals surface area (Å²) in [5.74, 6) is -1.47. The molecular formula is C17H17ClN2O4S. The summed E-state index contributed by atoms with van der Waals surface area (Å²) in [5.41, 5.74) is 5.68. The van der Waals surface area contributed by atoms with Gasteiger partial charge in [-0.25, -0.2) is 8.42 Å². The summed E-state index contributed by atoms with van der Waals surface area (Å²) in [6.07, 6.45) is -0.267. The molecule has 0 radical (unpaired) electrons. The molecule has 0 aliphatic rings. The molecule has 0 saturated carbocycles. The normalized spacial score (nSPS) is 11.0. The lowest BCUT2D eigenvalue weighted by Crippen LogP contribution is -2.42. The molecule has 6 nitrogen and oxygen atoms in total. The Labute approximate surface area is 151 Å². The number of carbonyl (C=O) groups is 2. The van der Waals surface area contributed by atoms with Gasteiger partial charge in [0.2, 0.25) is 5.91 Å². The van der Waals surface area contributed by atoms with Crippen LogP contribution in [-0.4, -0.2) is 26.0 Å². The number of rotatable bonds is 5. The van der Waals surface area contributed by atoms with Crippen molar-refractivity contribution in [2.45, 2.75) is 18.2 Å². The highest BCUT2D eigenvalue weighted by molar-refractivity contribution is 7.91. The summed E-state index contributed by atoms with van der Waals surface area (Å²) in [7, 11) is -3.56. The number of nitrogens with one attached hydrogen (secondary N) is 2. The second-order valence-corrected chi connectivity index (χ2v) is 7.94. The smallest absolute Gasteiger partial charge is 0.269 e. The van der Waals surface area contributed by atoms with Crippen LogP contribution in [0.2, 0.25) is 5.02 Å². The van der Waals surface area contributed by atoms with Crippen LogP contribution in [0.15, 0.2) is 53.4 Å². The van der Waals surface area contributed by atoms with E-state index < -0.39 is 21.7 Å². The lowest BCUT2D eigenvalue weighted by atomic mass is 10.2. The van der Waals surface area contributed by atoms with E-state index >= 15 is 0 Å². The molecule has 0 unspecified atom stereocenters. The molecule has 0 aliphatic heterocycles. The molecule has 0 atom stereocenters.